The Kier molecular flexibility index (Phi) is 4.12. The van der Waals surface area contributed by atoms with Gasteiger partial charge in [-0.05, 0) is 68.5 Å². The topological polar surface area (TPSA) is 34.1 Å². The van der Waals surface area contributed by atoms with Crippen molar-refractivity contribution in [2.75, 3.05) is 5.32 Å². The van der Waals surface area contributed by atoms with Gasteiger partial charge in [0.25, 0.3) is 0 Å². The van der Waals surface area contributed by atoms with Crippen molar-refractivity contribution < 1.29 is 4.74 Å². The van der Waals surface area contributed by atoms with Gasteiger partial charge in [-0.2, -0.15) is 0 Å². The third kappa shape index (κ3) is 2.98. The molecule has 4 atom stereocenters. The molecule has 3 heteroatoms. The largest absolute Gasteiger partial charge is 0.374 e. The van der Waals surface area contributed by atoms with Gasteiger partial charge in [-0.25, -0.2) is 0 Å². The summed E-state index contributed by atoms with van der Waals surface area (Å²) in [6.07, 6.45) is 4.83. The Morgan fingerprint density at radius 2 is 1.88 bits per heavy atom. The molecule has 4 rings (SSSR count). The second-order valence-corrected chi connectivity index (χ2v) is 7.52. The summed E-state index contributed by atoms with van der Waals surface area (Å²) in [6, 6.07) is 10.8. The van der Waals surface area contributed by atoms with Crippen LogP contribution >= 0.6 is 0 Å². The van der Waals surface area contributed by atoms with E-state index < -0.39 is 0 Å². The minimum Gasteiger partial charge on any atom is -0.374 e. The van der Waals surface area contributed by atoms with Crippen LogP contribution in [0.2, 0.25) is 0 Å². The van der Waals surface area contributed by atoms with E-state index in [1.54, 1.807) is 0 Å². The lowest BCUT2D eigenvalue weighted by molar-refractivity contribution is 0.0944. The molecule has 3 nitrogen and oxygen atoms in total. The van der Waals surface area contributed by atoms with Crippen molar-refractivity contribution in [2.24, 2.45) is 5.92 Å². The summed E-state index contributed by atoms with van der Waals surface area (Å²) in [6.45, 7) is 10.7. The van der Waals surface area contributed by atoms with Gasteiger partial charge in [0.2, 0.25) is 0 Å². The molecule has 130 valence electrons. The molecule has 2 bridgehead atoms. The molecule has 3 heterocycles. The van der Waals surface area contributed by atoms with Crippen molar-refractivity contribution in [1.29, 1.82) is 0 Å². The summed E-state index contributed by atoms with van der Waals surface area (Å²) < 4.78 is 6.26. The minimum absolute atomic E-state index is 0.267. The quantitative estimate of drug-likeness (QED) is 0.864. The lowest BCUT2D eigenvalue weighted by Crippen LogP contribution is -2.29. The van der Waals surface area contributed by atoms with E-state index in [9.17, 15) is 0 Å². The first-order valence-corrected chi connectivity index (χ1v) is 9.14. The van der Waals surface area contributed by atoms with Gasteiger partial charge >= 0.3 is 0 Å². The van der Waals surface area contributed by atoms with Crippen LogP contribution in [0.25, 0.3) is 0 Å². The fourth-order valence-corrected chi connectivity index (χ4v) is 4.31. The van der Waals surface area contributed by atoms with E-state index in [2.05, 4.69) is 61.1 Å². The summed E-state index contributed by atoms with van der Waals surface area (Å²) in [5.74, 6) is 0.642. The first-order valence-electron chi connectivity index (χ1n) is 9.14. The number of nitrogens with one attached hydrogen (secondary N) is 1. The van der Waals surface area contributed by atoms with E-state index in [1.807, 2.05) is 13.1 Å². The predicted octanol–water partition coefficient (Wildman–Crippen LogP) is 4.89. The molecule has 2 fully saturated rings. The van der Waals surface area contributed by atoms with Crippen LogP contribution in [0.4, 0.5) is 5.69 Å². The first kappa shape index (κ1) is 16.3. The zero-order chi connectivity index (χ0) is 17.6. The van der Waals surface area contributed by atoms with Gasteiger partial charge in [-0.3, -0.25) is 4.98 Å². The molecular formula is C22H26N2O. The number of ether oxygens (including phenoxy) is 1. The van der Waals surface area contributed by atoms with Crippen LogP contribution in [-0.4, -0.2) is 17.2 Å². The van der Waals surface area contributed by atoms with Crippen LogP contribution in [0.3, 0.4) is 0 Å². The lowest BCUT2D eigenvalue weighted by Gasteiger charge is -2.30. The average Bonchev–Trinajstić information content (AvgIpc) is 3.20. The standard InChI is InChI=1S/C22H26N2O/c1-13-5-8-18(11-14(13)2)24-16(4)21-19-9-10-20(25-19)22(21)17-7-6-15(3)23-12-17/h5-8,11-12,19-22,24H,4,9-10H2,1-3H3. The van der Waals surface area contributed by atoms with Crippen LogP contribution in [0.1, 0.15) is 41.1 Å². The number of aromatic nitrogens is 1. The summed E-state index contributed by atoms with van der Waals surface area (Å²) in [5, 5.41) is 3.55. The number of rotatable bonds is 4. The molecule has 1 aromatic carbocycles. The number of anilines is 1. The summed E-state index contributed by atoms with van der Waals surface area (Å²) in [4.78, 5) is 4.50. The normalized spacial score (nSPS) is 27.5. The molecule has 1 N–H and O–H groups in total. The van der Waals surface area contributed by atoms with Crippen molar-refractivity contribution in [3.8, 4) is 0 Å². The van der Waals surface area contributed by atoms with Gasteiger partial charge in [0.15, 0.2) is 0 Å². The first-order chi connectivity index (χ1) is 12.0. The molecule has 0 aliphatic carbocycles. The van der Waals surface area contributed by atoms with E-state index in [4.69, 9.17) is 4.74 Å². The van der Waals surface area contributed by atoms with Gasteiger partial charge < -0.3 is 10.1 Å². The highest BCUT2D eigenvalue weighted by molar-refractivity contribution is 5.52. The predicted molar refractivity (Wildman–Crippen MR) is 102 cm³/mol. The van der Waals surface area contributed by atoms with E-state index in [0.29, 0.717) is 11.8 Å². The highest BCUT2D eigenvalue weighted by Gasteiger charge is 2.50. The van der Waals surface area contributed by atoms with E-state index in [0.717, 1.165) is 29.9 Å². The molecule has 2 aromatic rings. The molecule has 2 saturated heterocycles. The molecule has 2 aliphatic heterocycles. The summed E-state index contributed by atoms with van der Waals surface area (Å²) in [7, 11) is 0. The average molecular weight is 334 g/mol. The Bertz CT molecular complexity index is 796. The number of hydrogen-bond donors (Lipinski definition) is 1. The minimum atomic E-state index is 0.267. The molecule has 25 heavy (non-hydrogen) atoms. The molecule has 0 saturated carbocycles. The maximum atomic E-state index is 6.26. The molecule has 0 spiro atoms. The van der Waals surface area contributed by atoms with Gasteiger partial charge in [-0.15, -0.1) is 0 Å². The van der Waals surface area contributed by atoms with Gasteiger partial charge in [0.1, 0.15) is 0 Å². The van der Waals surface area contributed by atoms with E-state index in [1.165, 1.54) is 16.7 Å². The fraction of sp³-hybridized carbons (Fsp3) is 0.409. The number of nitrogens with zero attached hydrogens (tertiary/aromatic N) is 1. The summed E-state index contributed by atoms with van der Waals surface area (Å²) >= 11 is 0. The lowest BCUT2D eigenvalue weighted by atomic mass is 9.74. The number of benzene rings is 1. The molecule has 0 radical (unpaired) electrons. The van der Waals surface area contributed by atoms with Crippen LogP contribution in [0.5, 0.6) is 0 Å². The Morgan fingerprint density at radius 3 is 2.60 bits per heavy atom. The number of aryl methyl sites for hydroxylation is 3. The van der Waals surface area contributed by atoms with E-state index in [-0.39, 0.29) is 12.2 Å². The molecular weight excluding hydrogens is 308 g/mol. The van der Waals surface area contributed by atoms with Crippen LogP contribution in [0.15, 0.2) is 48.8 Å². The zero-order valence-corrected chi connectivity index (χ0v) is 15.3. The maximum Gasteiger partial charge on any atom is 0.0669 e. The fourth-order valence-electron chi connectivity index (χ4n) is 4.31. The second kappa shape index (κ2) is 6.30. The monoisotopic (exact) mass is 334 g/mol. The Labute approximate surface area is 150 Å². The van der Waals surface area contributed by atoms with Gasteiger partial charge in [0, 0.05) is 35.1 Å². The van der Waals surface area contributed by atoms with Crippen LogP contribution in [-0.2, 0) is 4.74 Å². The third-order valence-electron chi connectivity index (χ3n) is 5.81. The highest BCUT2D eigenvalue weighted by Crippen LogP contribution is 2.51. The highest BCUT2D eigenvalue weighted by atomic mass is 16.5. The van der Waals surface area contributed by atoms with Crippen LogP contribution < -0.4 is 5.32 Å². The summed E-state index contributed by atoms with van der Waals surface area (Å²) in [5.41, 5.74) is 7.09. The molecule has 2 aliphatic rings. The number of hydrogen-bond acceptors (Lipinski definition) is 3. The van der Waals surface area contributed by atoms with Crippen molar-refractivity contribution in [3.05, 3.63) is 71.2 Å². The van der Waals surface area contributed by atoms with Crippen molar-refractivity contribution in [2.45, 2.75) is 51.7 Å². The van der Waals surface area contributed by atoms with Crippen molar-refractivity contribution >= 4 is 5.69 Å². The van der Waals surface area contributed by atoms with Crippen LogP contribution in [0, 0.1) is 26.7 Å². The smallest absolute Gasteiger partial charge is 0.0669 e. The van der Waals surface area contributed by atoms with E-state index >= 15 is 0 Å². The SMILES string of the molecule is C=C(Nc1ccc(C)c(C)c1)C1C2CCC(O2)C1c1ccc(C)nc1. The molecule has 4 unspecified atom stereocenters. The molecule has 1 aromatic heterocycles. The number of fused-ring (bicyclic) bond motifs is 2. The number of pyridine rings is 1. The zero-order valence-electron chi connectivity index (χ0n) is 15.3. The maximum absolute atomic E-state index is 6.26. The van der Waals surface area contributed by atoms with Crippen molar-refractivity contribution in [1.82, 2.24) is 4.98 Å². The Balaban J connectivity index is 1.59. The Hall–Kier alpha value is -2.13. The molecule has 0 amide bonds. The van der Waals surface area contributed by atoms with Gasteiger partial charge in [0.05, 0.1) is 12.2 Å². The third-order valence-corrected chi connectivity index (χ3v) is 5.81. The second-order valence-electron chi connectivity index (χ2n) is 7.52. The van der Waals surface area contributed by atoms with Crippen molar-refractivity contribution in [3.63, 3.8) is 0 Å². The van der Waals surface area contributed by atoms with Gasteiger partial charge in [-0.1, -0.05) is 18.7 Å². The Morgan fingerprint density at radius 1 is 1.08 bits per heavy atom.